The molecule has 0 radical (unpaired) electrons. The van der Waals surface area contributed by atoms with Gasteiger partial charge >= 0.3 is 0 Å². The minimum atomic E-state index is 0.0932. The van der Waals surface area contributed by atoms with E-state index in [2.05, 4.69) is 16.4 Å². The van der Waals surface area contributed by atoms with Crippen LogP contribution in [0, 0.1) is 0 Å². The van der Waals surface area contributed by atoms with Crippen LogP contribution in [-0.4, -0.2) is 52.8 Å². The van der Waals surface area contributed by atoms with Crippen LogP contribution in [0.1, 0.15) is 29.8 Å². The quantitative estimate of drug-likeness (QED) is 0.785. The zero-order valence-electron chi connectivity index (χ0n) is 15.0. The smallest absolute Gasteiger partial charge is 0.228 e. The van der Waals surface area contributed by atoms with Crippen molar-refractivity contribution in [1.29, 1.82) is 0 Å². The third-order valence-electron chi connectivity index (χ3n) is 4.65. The van der Waals surface area contributed by atoms with Crippen molar-refractivity contribution in [2.45, 2.75) is 32.1 Å². The SMILES string of the molecule is O=C(CCCc1cccs1)N1CCCN(C(=O)Cc2ccccn2)CC1. The molecule has 2 amide bonds. The second-order valence-corrected chi connectivity index (χ2v) is 7.58. The average molecular weight is 372 g/mol. The minimum absolute atomic E-state index is 0.0932. The largest absolute Gasteiger partial charge is 0.341 e. The molecule has 0 bridgehead atoms. The lowest BCUT2D eigenvalue weighted by molar-refractivity contribution is -0.133. The number of nitrogens with zero attached hydrogens (tertiary/aromatic N) is 3. The molecule has 2 aromatic heterocycles. The Kier molecular flexibility index (Phi) is 6.77. The Morgan fingerprint density at radius 1 is 1.00 bits per heavy atom. The van der Waals surface area contributed by atoms with Gasteiger partial charge in [-0.15, -0.1) is 11.3 Å². The standard InChI is InChI=1S/C20H25N3O2S/c24-19(9-3-7-18-8-4-15-26-18)22-11-5-12-23(14-13-22)20(25)16-17-6-1-2-10-21-17/h1-2,4,6,8,10,15H,3,5,7,9,11-14,16H2. The summed E-state index contributed by atoms with van der Waals surface area (Å²) in [6.45, 7) is 2.70. The van der Waals surface area contributed by atoms with Crippen LogP contribution in [-0.2, 0) is 22.4 Å². The molecule has 0 spiro atoms. The van der Waals surface area contributed by atoms with Gasteiger partial charge in [0.25, 0.3) is 0 Å². The van der Waals surface area contributed by atoms with Crippen molar-refractivity contribution in [3.05, 3.63) is 52.5 Å². The number of hydrogen-bond acceptors (Lipinski definition) is 4. The monoisotopic (exact) mass is 371 g/mol. The molecule has 0 unspecified atom stereocenters. The zero-order valence-corrected chi connectivity index (χ0v) is 15.8. The predicted molar refractivity (Wildman–Crippen MR) is 103 cm³/mol. The molecule has 5 nitrogen and oxygen atoms in total. The van der Waals surface area contributed by atoms with E-state index in [0.717, 1.165) is 31.5 Å². The molecule has 0 N–H and O–H groups in total. The second-order valence-electron chi connectivity index (χ2n) is 6.55. The van der Waals surface area contributed by atoms with E-state index in [-0.39, 0.29) is 11.8 Å². The lowest BCUT2D eigenvalue weighted by Crippen LogP contribution is -2.38. The van der Waals surface area contributed by atoms with Crippen molar-refractivity contribution in [2.75, 3.05) is 26.2 Å². The molecule has 138 valence electrons. The fourth-order valence-electron chi connectivity index (χ4n) is 3.21. The van der Waals surface area contributed by atoms with Crippen LogP contribution >= 0.6 is 11.3 Å². The van der Waals surface area contributed by atoms with Crippen LogP contribution < -0.4 is 0 Å². The van der Waals surface area contributed by atoms with Crippen LogP contribution in [0.4, 0.5) is 0 Å². The Morgan fingerprint density at radius 3 is 2.50 bits per heavy atom. The van der Waals surface area contributed by atoms with E-state index in [1.54, 1.807) is 17.5 Å². The first-order valence-corrected chi connectivity index (χ1v) is 10.1. The van der Waals surface area contributed by atoms with Gasteiger partial charge in [-0.1, -0.05) is 12.1 Å². The molecule has 3 heterocycles. The van der Waals surface area contributed by atoms with Gasteiger partial charge in [-0.2, -0.15) is 0 Å². The van der Waals surface area contributed by atoms with Crippen LogP contribution in [0.15, 0.2) is 41.9 Å². The first kappa shape index (κ1) is 18.6. The van der Waals surface area contributed by atoms with Crippen LogP contribution in [0.3, 0.4) is 0 Å². The molecular weight excluding hydrogens is 346 g/mol. The third kappa shape index (κ3) is 5.39. The molecule has 2 aromatic rings. The van der Waals surface area contributed by atoms with Crippen molar-refractivity contribution < 1.29 is 9.59 Å². The number of aromatic nitrogens is 1. The molecule has 0 atom stereocenters. The Morgan fingerprint density at radius 2 is 1.81 bits per heavy atom. The highest BCUT2D eigenvalue weighted by atomic mass is 32.1. The predicted octanol–water partition coefficient (Wildman–Crippen LogP) is 2.77. The lowest BCUT2D eigenvalue weighted by Gasteiger charge is -2.22. The molecule has 1 fully saturated rings. The van der Waals surface area contributed by atoms with Crippen molar-refractivity contribution >= 4 is 23.2 Å². The van der Waals surface area contributed by atoms with Crippen LogP contribution in [0.25, 0.3) is 0 Å². The molecule has 1 saturated heterocycles. The Bertz CT molecular complexity index is 703. The summed E-state index contributed by atoms with van der Waals surface area (Å²) >= 11 is 1.74. The number of pyridine rings is 1. The van der Waals surface area contributed by atoms with E-state index < -0.39 is 0 Å². The summed E-state index contributed by atoms with van der Waals surface area (Å²) in [5, 5.41) is 2.07. The Balaban J connectivity index is 1.43. The summed E-state index contributed by atoms with van der Waals surface area (Å²) in [5.74, 6) is 0.302. The van der Waals surface area contributed by atoms with E-state index in [4.69, 9.17) is 0 Å². The van der Waals surface area contributed by atoms with Gasteiger partial charge in [0.05, 0.1) is 6.42 Å². The summed E-state index contributed by atoms with van der Waals surface area (Å²) in [6.07, 6.45) is 5.31. The van der Waals surface area contributed by atoms with Crippen molar-refractivity contribution in [1.82, 2.24) is 14.8 Å². The molecule has 0 saturated carbocycles. The highest BCUT2D eigenvalue weighted by Gasteiger charge is 2.22. The molecule has 26 heavy (non-hydrogen) atoms. The summed E-state index contributed by atoms with van der Waals surface area (Å²) in [4.78, 5) is 34.3. The van der Waals surface area contributed by atoms with Gasteiger partial charge in [-0.05, 0) is 42.8 Å². The van der Waals surface area contributed by atoms with Crippen LogP contribution in [0.5, 0.6) is 0 Å². The maximum Gasteiger partial charge on any atom is 0.228 e. The summed E-state index contributed by atoms with van der Waals surface area (Å²) in [6, 6.07) is 9.79. The molecule has 1 aliphatic heterocycles. The van der Waals surface area contributed by atoms with Gasteiger partial charge in [0.15, 0.2) is 0 Å². The molecule has 0 aromatic carbocycles. The summed E-state index contributed by atoms with van der Waals surface area (Å²) in [7, 11) is 0. The molecular formula is C20H25N3O2S. The van der Waals surface area contributed by atoms with Crippen molar-refractivity contribution in [3.8, 4) is 0 Å². The lowest BCUT2D eigenvalue weighted by atomic mass is 10.2. The fraction of sp³-hybridized carbons (Fsp3) is 0.450. The molecule has 6 heteroatoms. The number of thiophene rings is 1. The second kappa shape index (κ2) is 9.48. The first-order chi connectivity index (χ1) is 12.7. The van der Waals surface area contributed by atoms with Crippen molar-refractivity contribution in [3.63, 3.8) is 0 Å². The summed E-state index contributed by atoms with van der Waals surface area (Å²) < 4.78 is 0. The zero-order chi connectivity index (χ0) is 18.2. The van der Waals surface area contributed by atoms with E-state index in [1.165, 1.54) is 4.88 Å². The normalized spacial score (nSPS) is 14.9. The number of hydrogen-bond donors (Lipinski definition) is 0. The number of amides is 2. The van der Waals surface area contributed by atoms with Gasteiger partial charge in [0.2, 0.25) is 11.8 Å². The summed E-state index contributed by atoms with van der Waals surface area (Å²) in [5.41, 5.74) is 0.795. The van der Waals surface area contributed by atoms with Gasteiger partial charge in [-0.3, -0.25) is 14.6 Å². The highest BCUT2D eigenvalue weighted by Crippen LogP contribution is 2.13. The third-order valence-corrected chi connectivity index (χ3v) is 5.59. The van der Waals surface area contributed by atoms with E-state index in [9.17, 15) is 9.59 Å². The first-order valence-electron chi connectivity index (χ1n) is 9.20. The van der Waals surface area contributed by atoms with Crippen LogP contribution in [0.2, 0.25) is 0 Å². The Labute approximate surface area is 158 Å². The highest BCUT2D eigenvalue weighted by molar-refractivity contribution is 7.09. The maximum atomic E-state index is 12.5. The average Bonchev–Trinajstić information content (AvgIpc) is 3.04. The van der Waals surface area contributed by atoms with E-state index >= 15 is 0 Å². The number of aryl methyl sites for hydroxylation is 1. The van der Waals surface area contributed by atoms with Gasteiger partial charge in [0.1, 0.15) is 0 Å². The van der Waals surface area contributed by atoms with E-state index in [1.807, 2.05) is 34.1 Å². The van der Waals surface area contributed by atoms with E-state index in [0.29, 0.717) is 32.5 Å². The fourth-order valence-corrected chi connectivity index (χ4v) is 3.96. The maximum absolute atomic E-state index is 12.5. The molecule has 3 rings (SSSR count). The van der Waals surface area contributed by atoms with Crippen molar-refractivity contribution in [2.24, 2.45) is 0 Å². The number of rotatable bonds is 6. The topological polar surface area (TPSA) is 53.5 Å². The Hall–Kier alpha value is -2.21. The molecule has 1 aliphatic rings. The number of carbonyl (C=O) groups excluding carboxylic acids is 2. The minimum Gasteiger partial charge on any atom is -0.341 e. The van der Waals surface area contributed by atoms with Gasteiger partial charge < -0.3 is 9.80 Å². The number of carbonyl (C=O) groups is 2. The van der Waals surface area contributed by atoms with Gasteiger partial charge in [0, 0.05) is 49.4 Å². The van der Waals surface area contributed by atoms with Gasteiger partial charge in [-0.25, -0.2) is 0 Å². The molecule has 0 aliphatic carbocycles.